The van der Waals surface area contributed by atoms with E-state index < -0.39 is 11.4 Å². The molecule has 0 aliphatic carbocycles. The molecule has 29 heavy (non-hydrogen) atoms. The van der Waals surface area contributed by atoms with E-state index in [4.69, 9.17) is 4.74 Å². The minimum Gasteiger partial charge on any atom is -0.465 e. The molecule has 0 unspecified atom stereocenters. The highest BCUT2D eigenvalue weighted by Crippen LogP contribution is 2.37. The fourth-order valence-corrected chi connectivity index (χ4v) is 3.71. The number of nitrogens with zero attached hydrogens (tertiary/aromatic N) is 1. The lowest BCUT2D eigenvalue weighted by Gasteiger charge is -2.40. The van der Waals surface area contributed by atoms with Crippen LogP contribution in [0, 0.1) is 0 Å². The molecule has 0 radical (unpaired) electrons. The van der Waals surface area contributed by atoms with Crippen molar-refractivity contribution in [2.45, 2.75) is 31.8 Å². The minimum atomic E-state index is -0.765. The number of rotatable bonds is 5. The largest absolute Gasteiger partial charge is 0.465 e. The number of carbonyl (C=O) groups is 3. The van der Waals surface area contributed by atoms with Gasteiger partial charge < -0.3 is 14.4 Å². The van der Waals surface area contributed by atoms with Crippen LogP contribution in [0.2, 0.25) is 0 Å². The number of methoxy groups -OCH3 is 1. The minimum absolute atomic E-state index is 0.0192. The van der Waals surface area contributed by atoms with Crippen LogP contribution < -0.4 is 0 Å². The predicted octanol–water partition coefficient (Wildman–Crippen LogP) is 3.10. The van der Waals surface area contributed by atoms with E-state index >= 15 is 0 Å². The van der Waals surface area contributed by atoms with Gasteiger partial charge in [-0.15, -0.1) is 0 Å². The highest BCUT2D eigenvalue weighted by Gasteiger charge is 2.44. The van der Waals surface area contributed by atoms with Gasteiger partial charge in [-0.2, -0.15) is 0 Å². The van der Waals surface area contributed by atoms with Crippen LogP contribution >= 0.6 is 0 Å². The fraction of sp³-hybridized carbons (Fsp3) is 0.348. The summed E-state index contributed by atoms with van der Waals surface area (Å²) >= 11 is 0. The first kappa shape index (κ1) is 20.6. The monoisotopic (exact) mass is 395 g/mol. The molecule has 0 spiro atoms. The van der Waals surface area contributed by atoms with Gasteiger partial charge in [-0.05, 0) is 36.1 Å². The molecule has 1 heterocycles. The molecule has 0 aromatic heterocycles. The topological polar surface area (TPSA) is 72.9 Å². The van der Waals surface area contributed by atoms with Crippen LogP contribution in [0.15, 0.2) is 54.6 Å². The summed E-state index contributed by atoms with van der Waals surface area (Å²) in [6, 6.07) is 16.4. The molecule has 1 amide bonds. The number of hydrogen-bond acceptors (Lipinski definition) is 5. The van der Waals surface area contributed by atoms with Crippen LogP contribution in [-0.2, 0) is 31.1 Å². The number of benzene rings is 2. The molecule has 1 aliphatic rings. The predicted molar refractivity (Wildman–Crippen MR) is 107 cm³/mol. The van der Waals surface area contributed by atoms with Crippen molar-refractivity contribution in [2.75, 3.05) is 20.2 Å². The van der Waals surface area contributed by atoms with Crippen LogP contribution in [-0.4, -0.2) is 42.9 Å². The van der Waals surface area contributed by atoms with Crippen molar-refractivity contribution in [3.8, 4) is 0 Å². The van der Waals surface area contributed by atoms with Gasteiger partial charge in [0.25, 0.3) is 0 Å². The van der Waals surface area contributed by atoms with Crippen molar-refractivity contribution in [3.63, 3.8) is 0 Å². The van der Waals surface area contributed by atoms with Crippen molar-refractivity contribution in [1.82, 2.24) is 4.90 Å². The van der Waals surface area contributed by atoms with Gasteiger partial charge in [-0.3, -0.25) is 9.59 Å². The van der Waals surface area contributed by atoms with Gasteiger partial charge in [-0.25, -0.2) is 4.79 Å². The molecule has 2 aromatic rings. The molecule has 3 rings (SSSR count). The first-order valence-electron chi connectivity index (χ1n) is 9.62. The molecular weight excluding hydrogens is 370 g/mol. The van der Waals surface area contributed by atoms with E-state index in [1.807, 2.05) is 30.3 Å². The van der Waals surface area contributed by atoms with E-state index in [-0.39, 0.29) is 18.5 Å². The van der Waals surface area contributed by atoms with Gasteiger partial charge in [0.05, 0.1) is 18.1 Å². The lowest BCUT2D eigenvalue weighted by molar-refractivity contribution is -0.155. The molecule has 6 nitrogen and oxygen atoms in total. The third-order valence-electron chi connectivity index (χ3n) is 5.52. The number of esters is 2. The van der Waals surface area contributed by atoms with Gasteiger partial charge >= 0.3 is 11.9 Å². The van der Waals surface area contributed by atoms with Crippen molar-refractivity contribution in [3.05, 3.63) is 71.3 Å². The molecule has 1 saturated heterocycles. The Bertz CT molecular complexity index is 868. The Morgan fingerprint density at radius 3 is 2.14 bits per heavy atom. The molecular formula is C23H25NO5. The van der Waals surface area contributed by atoms with E-state index in [0.717, 1.165) is 11.1 Å². The van der Waals surface area contributed by atoms with Crippen LogP contribution in [0.3, 0.4) is 0 Å². The maximum Gasteiger partial charge on any atom is 0.337 e. The van der Waals surface area contributed by atoms with Gasteiger partial charge in [0.15, 0.2) is 0 Å². The molecule has 1 aliphatic heterocycles. The second kappa shape index (κ2) is 8.90. The lowest BCUT2D eigenvalue weighted by atomic mass is 9.72. The lowest BCUT2D eigenvalue weighted by Crippen LogP contribution is -2.49. The van der Waals surface area contributed by atoms with E-state index in [1.54, 1.807) is 36.1 Å². The van der Waals surface area contributed by atoms with Crippen LogP contribution in [0.5, 0.6) is 0 Å². The zero-order valence-corrected chi connectivity index (χ0v) is 16.7. The SMILES string of the molecule is COC(=O)c1ccc(COC(=O)C2(c3ccccc3)CCN(C(C)=O)CC2)cc1. The Labute approximate surface area is 170 Å². The second-order valence-electron chi connectivity index (χ2n) is 7.22. The number of ether oxygens (including phenoxy) is 2. The Morgan fingerprint density at radius 2 is 1.59 bits per heavy atom. The summed E-state index contributed by atoms with van der Waals surface area (Å²) in [5.41, 5.74) is 1.38. The van der Waals surface area contributed by atoms with E-state index in [2.05, 4.69) is 4.74 Å². The highest BCUT2D eigenvalue weighted by molar-refractivity contribution is 5.89. The standard InChI is InChI=1S/C23H25NO5/c1-17(25)24-14-12-23(13-15-24,20-6-4-3-5-7-20)22(27)29-16-18-8-10-19(11-9-18)21(26)28-2/h3-11H,12-16H2,1-2H3. The molecule has 0 bridgehead atoms. The first-order chi connectivity index (χ1) is 14.0. The summed E-state index contributed by atoms with van der Waals surface area (Å²) in [6.07, 6.45) is 1.05. The fourth-order valence-electron chi connectivity index (χ4n) is 3.71. The highest BCUT2D eigenvalue weighted by atomic mass is 16.5. The number of carbonyl (C=O) groups excluding carboxylic acids is 3. The molecule has 2 aromatic carbocycles. The zero-order chi connectivity index (χ0) is 20.9. The molecule has 0 N–H and O–H groups in total. The van der Waals surface area contributed by atoms with E-state index in [1.165, 1.54) is 7.11 Å². The molecule has 0 atom stereocenters. The Balaban J connectivity index is 1.74. The first-order valence-corrected chi connectivity index (χ1v) is 9.62. The smallest absolute Gasteiger partial charge is 0.337 e. The Hall–Kier alpha value is -3.15. The molecule has 6 heteroatoms. The maximum atomic E-state index is 13.2. The Kier molecular flexibility index (Phi) is 6.32. The maximum absolute atomic E-state index is 13.2. The van der Waals surface area contributed by atoms with Crippen molar-refractivity contribution >= 4 is 17.8 Å². The number of hydrogen-bond donors (Lipinski definition) is 0. The summed E-state index contributed by atoms with van der Waals surface area (Å²) in [4.78, 5) is 38.2. The summed E-state index contributed by atoms with van der Waals surface area (Å²) in [5, 5.41) is 0. The Morgan fingerprint density at radius 1 is 0.966 bits per heavy atom. The zero-order valence-electron chi connectivity index (χ0n) is 16.7. The molecule has 1 fully saturated rings. The normalized spacial score (nSPS) is 15.4. The van der Waals surface area contributed by atoms with Gasteiger partial charge in [0.1, 0.15) is 6.61 Å². The number of piperidine rings is 1. The van der Waals surface area contributed by atoms with Crippen molar-refractivity contribution in [1.29, 1.82) is 0 Å². The quantitative estimate of drug-likeness (QED) is 0.728. The number of amides is 1. The summed E-state index contributed by atoms with van der Waals surface area (Å²) < 4.78 is 10.4. The molecule has 152 valence electrons. The summed E-state index contributed by atoms with van der Waals surface area (Å²) in [7, 11) is 1.33. The van der Waals surface area contributed by atoms with E-state index in [0.29, 0.717) is 31.5 Å². The number of likely N-dealkylation sites (tertiary alicyclic amines) is 1. The van der Waals surface area contributed by atoms with Gasteiger partial charge in [-0.1, -0.05) is 42.5 Å². The third kappa shape index (κ3) is 4.47. The van der Waals surface area contributed by atoms with Gasteiger partial charge in [0, 0.05) is 20.0 Å². The van der Waals surface area contributed by atoms with Crippen molar-refractivity contribution in [2.24, 2.45) is 0 Å². The summed E-state index contributed by atoms with van der Waals surface area (Å²) in [5.74, 6) is -0.677. The van der Waals surface area contributed by atoms with Crippen LogP contribution in [0.4, 0.5) is 0 Å². The third-order valence-corrected chi connectivity index (χ3v) is 5.52. The summed E-state index contributed by atoms with van der Waals surface area (Å²) in [6.45, 7) is 2.71. The van der Waals surface area contributed by atoms with Crippen LogP contribution in [0.25, 0.3) is 0 Å². The van der Waals surface area contributed by atoms with Crippen LogP contribution in [0.1, 0.15) is 41.3 Å². The average molecular weight is 395 g/mol. The molecule has 0 saturated carbocycles. The second-order valence-corrected chi connectivity index (χ2v) is 7.22. The van der Waals surface area contributed by atoms with Gasteiger partial charge in [0.2, 0.25) is 5.91 Å². The van der Waals surface area contributed by atoms with E-state index in [9.17, 15) is 14.4 Å². The average Bonchev–Trinajstić information content (AvgIpc) is 2.77. The van der Waals surface area contributed by atoms with Crippen molar-refractivity contribution < 1.29 is 23.9 Å².